The molecule has 0 aliphatic carbocycles. The number of piperidine rings is 1. The van der Waals surface area contributed by atoms with Gasteiger partial charge in [-0.1, -0.05) is 6.92 Å². The van der Waals surface area contributed by atoms with Gasteiger partial charge in [0, 0.05) is 19.7 Å². The van der Waals surface area contributed by atoms with Gasteiger partial charge in [0.25, 0.3) is 0 Å². The Morgan fingerprint density at radius 3 is 3.00 bits per heavy atom. The second kappa shape index (κ2) is 6.86. The van der Waals surface area contributed by atoms with Gasteiger partial charge in [-0.05, 0) is 38.6 Å². The largest absolute Gasteiger partial charge is 0.396 e. The molecule has 1 fully saturated rings. The van der Waals surface area contributed by atoms with E-state index in [9.17, 15) is 4.79 Å². The van der Waals surface area contributed by atoms with E-state index >= 15 is 0 Å². The van der Waals surface area contributed by atoms with Crippen LogP contribution >= 0.6 is 0 Å². The van der Waals surface area contributed by atoms with E-state index < -0.39 is 0 Å². The first-order valence-corrected chi connectivity index (χ1v) is 6.31. The summed E-state index contributed by atoms with van der Waals surface area (Å²) in [6.45, 7) is 6.80. The zero-order valence-electron chi connectivity index (χ0n) is 10.4. The fourth-order valence-electron chi connectivity index (χ4n) is 2.16. The minimum absolute atomic E-state index is 0.0686. The Morgan fingerprint density at radius 2 is 2.38 bits per heavy atom. The highest BCUT2D eigenvalue weighted by Crippen LogP contribution is 2.17. The highest BCUT2D eigenvalue weighted by atomic mass is 16.3. The maximum absolute atomic E-state index is 11.8. The van der Waals surface area contributed by atoms with Crippen LogP contribution in [-0.4, -0.2) is 48.2 Å². The number of nitrogens with zero attached hydrogens (tertiary/aromatic N) is 1. The molecule has 1 aliphatic heterocycles. The molecule has 1 heterocycles. The summed E-state index contributed by atoms with van der Waals surface area (Å²) >= 11 is 0. The van der Waals surface area contributed by atoms with Crippen LogP contribution in [0.1, 0.15) is 33.1 Å². The number of rotatable bonds is 5. The van der Waals surface area contributed by atoms with Crippen molar-refractivity contribution < 1.29 is 9.90 Å². The van der Waals surface area contributed by atoms with Crippen molar-refractivity contribution in [3.63, 3.8) is 0 Å². The summed E-state index contributed by atoms with van der Waals surface area (Å²) in [5.74, 6) is 0.454. The number of likely N-dealkylation sites (tertiary alicyclic amines) is 1. The Bertz CT molecular complexity index is 221. The molecule has 1 rings (SSSR count). The molecule has 0 bridgehead atoms. The van der Waals surface area contributed by atoms with E-state index in [1.165, 1.54) is 0 Å². The number of aliphatic hydroxyl groups is 1. The topological polar surface area (TPSA) is 52.6 Å². The summed E-state index contributed by atoms with van der Waals surface area (Å²) in [5, 5.41) is 12.1. The Kier molecular flexibility index (Phi) is 5.77. The van der Waals surface area contributed by atoms with Crippen molar-refractivity contribution in [2.45, 2.75) is 39.2 Å². The van der Waals surface area contributed by atoms with Gasteiger partial charge in [0.1, 0.15) is 0 Å². The van der Waals surface area contributed by atoms with Crippen LogP contribution in [0.2, 0.25) is 0 Å². The number of carbonyl (C=O) groups excluding carboxylic acids is 1. The zero-order valence-corrected chi connectivity index (χ0v) is 10.4. The predicted molar refractivity (Wildman–Crippen MR) is 64.1 cm³/mol. The molecule has 1 amide bonds. The van der Waals surface area contributed by atoms with Crippen molar-refractivity contribution in [3.8, 4) is 0 Å². The maximum Gasteiger partial charge on any atom is 0.237 e. The highest BCUT2D eigenvalue weighted by Gasteiger charge is 2.26. The molecular weight excluding hydrogens is 204 g/mol. The van der Waals surface area contributed by atoms with Crippen LogP contribution in [0.25, 0.3) is 0 Å². The minimum Gasteiger partial charge on any atom is -0.396 e. The predicted octanol–water partition coefficient (Wildman–Crippen LogP) is 0.605. The second-order valence-corrected chi connectivity index (χ2v) is 4.65. The number of hydrogen-bond donors (Lipinski definition) is 2. The van der Waals surface area contributed by atoms with Crippen LogP contribution in [-0.2, 0) is 4.79 Å². The molecule has 4 nitrogen and oxygen atoms in total. The molecule has 0 spiro atoms. The molecular formula is C12H24N2O2. The van der Waals surface area contributed by atoms with Crippen molar-refractivity contribution >= 4 is 5.91 Å². The quantitative estimate of drug-likeness (QED) is 0.725. The lowest BCUT2D eigenvalue weighted by molar-refractivity contribution is -0.126. The fraction of sp³-hybridized carbons (Fsp3) is 0.917. The Morgan fingerprint density at radius 1 is 1.62 bits per heavy atom. The highest BCUT2D eigenvalue weighted by molar-refractivity contribution is 5.81. The molecule has 0 aromatic heterocycles. The first-order valence-electron chi connectivity index (χ1n) is 6.31. The lowest BCUT2D eigenvalue weighted by Crippen LogP contribution is -2.49. The van der Waals surface area contributed by atoms with E-state index in [0.717, 1.165) is 38.9 Å². The summed E-state index contributed by atoms with van der Waals surface area (Å²) in [5.41, 5.74) is 0. The van der Waals surface area contributed by atoms with Gasteiger partial charge in [-0.2, -0.15) is 0 Å². The van der Waals surface area contributed by atoms with Gasteiger partial charge < -0.3 is 10.4 Å². The number of carbonyl (C=O) groups is 1. The smallest absolute Gasteiger partial charge is 0.237 e. The molecule has 1 aliphatic rings. The van der Waals surface area contributed by atoms with Crippen molar-refractivity contribution in [2.75, 3.05) is 26.2 Å². The molecule has 0 saturated carbocycles. The molecule has 94 valence electrons. The average molecular weight is 228 g/mol. The third kappa shape index (κ3) is 3.76. The number of amides is 1. The van der Waals surface area contributed by atoms with E-state index in [2.05, 4.69) is 10.2 Å². The summed E-state index contributed by atoms with van der Waals surface area (Å²) in [4.78, 5) is 14.0. The molecule has 16 heavy (non-hydrogen) atoms. The lowest BCUT2D eigenvalue weighted by Gasteiger charge is -2.35. The van der Waals surface area contributed by atoms with Gasteiger partial charge in [-0.25, -0.2) is 0 Å². The lowest BCUT2D eigenvalue weighted by atomic mass is 9.97. The monoisotopic (exact) mass is 228 g/mol. The van der Waals surface area contributed by atoms with Gasteiger partial charge in [-0.15, -0.1) is 0 Å². The Balaban J connectivity index is 2.39. The summed E-state index contributed by atoms with van der Waals surface area (Å²) in [6, 6.07) is -0.0686. The van der Waals surface area contributed by atoms with Crippen LogP contribution in [0.3, 0.4) is 0 Å². The van der Waals surface area contributed by atoms with E-state index in [4.69, 9.17) is 5.11 Å². The van der Waals surface area contributed by atoms with Gasteiger partial charge >= 0.3 is 0 Å². The second-order valence-electron chi connectivity index (χ2n) is 4.65. The first kappa shape index (κ1) is 13.5. The number of aliphatic hydroxyl groups excluding tert-OH is 1. The molecule has 4 heteroatoms. The van der Waals surface area contributed by atoms with E-state index in [1.807, 2.05) is 13.8 Å². The van der Waals surface area contributed by atoms with Crippen molar-refractivity contribution in [1.82, 2.24) is 10.2 Å². The number of nitrogens with one attached hydrogen (secondary N) is 1. The normalized spacial score (nSPS) is 24.1. The van der Waals surface area contributed by atoms with Gasteiger partial charge in [0.2, 0.25) is 5.91 Å². The molecule has 2 unspecified atom stereocenters. The summed E-state index contributed by atoms with van der Waals surface area (Å²) < 4.78 is 0. The Labute approximate surface area is 98.0 Å². The van der Waals surface area contributed by atoms with Crippen LogP contribution in [0, 0.1) is 5.92 Å². The van der Waals surface area contributed by atoms with Gasteiger partial charge in [-0.3, -0.25) is 9.69 Å². The summed E-state index contributed by atoms with van der Waals surface area (Å²) in [6.07, 6.45) is 3.13. The third-order valence-corrected chi connectivity index (χ3v) is 3.29. The molecule has 0 aromatic rings. The van der Waals surface area contributed by atoms with Crippen molar-refractivity contribution in [1.29, 1.82) is 0 Å². The van der Waals surface area contributed by atoms with Crippen molar-refractivity contribution in [3.05, 3.63) is 0 Å². The molecule has 2 N–H and O–H groups in total. The van der Waals surface area contributed by atoms with Crippen molar-refractivity contribution in [2.24, 2.45) is 5.92 Å². The average Bonchev–Trinajstić information content (AvgIpc) is 2.35. The third-order valence-electron chi connectivity index (χ3n) is 3.29. The molecule has 0 radical (unpaired) electrons. The van der Waals surface area contributed by atoms with Gasteiger partial charge in [0.05, 0.1) is 6.04 Å². The van der Waals surface area contributed by atoms with Crippen LogP contribution < -0.4 is 5.32 Å². The first-order chi connectivity index (χ1) is 7.69. The minimum atomic E-state index is -0.0686. The number of hydrogen-bond acceptors (Lipinski definition) is 3. The molecule has 0 aromatic carbocycles. The fourth-order valence-corrected chi connectivity index (χ4v) is 2.16. The van der Waals surface area contributed by atoms with Crippen LogP contribution in [0.15, 0.2) is 0 Å². The van der Waals surface area contributed by atoms with E-state index in [-0.39, 0.29) is 18.6 Å². The van der Waals surface area contributed by atoms with Crippen LogP contribution in [0.4, 0.5) is 0 Å². The maximum atomic E-state index is 11.8. The van der Waals surface area contributed by atoms with Gasteiger partial charge in [0.15, 0.2) is 0 Å². The zero-order chi connectivity index (χ0) is 12.0. The molecule has 2 atom stereocenters. The summed E-state index contributed by atoms with van der Waals surface area (Å²) in [7, 11) is 0. The Hall–Kier alpha value is -0.610. The van der Waals surface area contributed by atoms with E-state index in [0.29, 0.717) is 5.92 Å². The van der Waals surface area contributed by atoms with Crippen LogP contribution in [0.5, 0.6) is 0 Å². The SMILES string of the molecule is CCCNC(=O)C(C)N1CCCC(CO)C1. The molecule has 1 saturated heterocycles. The standard InChI is InChI=1S/C12H24N2O2/c1-3-6-13-12(16)10(2)14-7-4-5-11(8-14)9-15/h10-11,15H,3-9H2,1-2H3,(H,13,16). The van der Waals surface area contributed by atoms with E-state index in [1.54, 1.807) is 0 Å².